The van der Waals surface area contributed by atoms with Gasteiger partial charge >= 0.3 is 0 Å². The molecule has 18 heavy (non-hydrogen) atoms. The number of hydrogen-bond donors (Lipinski definition) is 0. The van der Waals surface area contributed by atoms with Crippen LogP contribution >= 0.6 is 15.9 Å². The first-order chi connectivity index (χ1) is 8.67. The second-order valence-corrected chi connectivity index (χ2v) is 4.78. The van der Waals surface area contributed by atoms with E-state index in [-0.39, 0.29) is 0 Å². The van der Waals surface area contributed by atoms with Crippen LogP contribution in [0.5, 0.6) is 5.88 Å². The molecule has 0 aliphatic heterocycles. The van der Waals surface area contributed by atoms with Crippen molar-refractivity contribution in [2.24, 2.45) is 0 Å². The van der Waals surface area contributed by atoms with Crippen molar-refractivity contribution in [1.82, 2.24) is 4.98 Å². The standard InChI is InChI=1S/C14H11BrN2O/c1-10-6-12(8-16)7-14(17-10)18-9-11-2-4-13(15)5-3-11/h2-7H,9H2,1H3. The number of nitriles is 1. The summed E-state index contributed by atoms with van der Waals surface area (Å²) in [6, 6.07) is 13.3. The summed E-state index contributed by atoms with van der Waals surface area (Å²) >= 11 is 3.38. The number of pyridine rings is 1. The fourth-order valence-electron chi connectivity index (χ4n) is 1.51. The molecule has 4 heteroatoms. The van der Waals surface area contributed by atoms with Gasteiger partial charge in [0.15, 0.2) is 0 Å². The Morgan fingerprint density at radius 1 is 1.28 bits per heavy atom. The Balaban J connectivity index is 2.08. The maximum atomic E-state index is 8.86. The van der Waals surface area contributed by atoms with Gasteiger partial charge in [-0.3, -0.25) is 0 Å². The lowest BCUT2D eigenvalue weighted by Crippen LogP contribution is -1.98. The van der Waals surface area contributed by atoms with Gasteiger partial charge in [-0.1, -0.05) is 28.1 Å². The normalized spacial score (nSPS) is 9.83. The molecule has 1 aromatic heterocycles. The third-order valence-electron chi connectivity index (χ3n) is 2.36. The molecule has 0 spiro atoms. The fraction of sp³-hybridized carbons (Fsp3) is 0.143. The van der Waals surface area contributed by atoms with E-state index >= 15 is 0 Å². The average Bonchev–Trinajstić information content (AvgIpc) is 2.37. The molecule has 90 valence electrons. The van der Waals surface area contributed by atoms with Gasteiger partial charge in [0.25, 0.3) is 0 Å². The molecule has 2 rings (SSSR count). The molecule has 1 heterocycles. The highest BCUT2D eigenvalue weighted by molar-refractivity contribution is 9.10. The molecule has 0 atom stereocenters. The Kier molecular flexibility index (Phi) is 3.96. The number of nitrogens with zero attached hydrogens (tertiary/aromatic N) is 2. The topological polar surface area (TPSA) is 45.9 Å². The number of rotatable bonds is 3. The maximum Gasteiger partial charge on any atom is 0.215 e. The van der Waals surface area contributed by atoms with Crippen LogP contribution in [0.3, 0.4) is 0 Å². The zero-order valence-corrected chi connectivity index (χ0v) is 11.4. The highest BCUT2D eigenvalue weighted by atomic mass is 79.9. The molecule has 0 bridgehead atoms. The van der Waals surface area contributed by atoms with Crippen LogP contribution in [0.2, 0.25) is 0 Å². The van der Waals surface area contributed by atoms with Crippen molar-refractivity contribution in [2.45, 2.75) is 13.5 Å². The molecule has 0 unspecified atom stereocenters. The molecule has 0 N–H and O–H groups in total. The van der Waals surface area contributed by atoms with Crippen molar-refractivity contribution in [2.75, 3.05) is 0 Å². The first kappa shape index (κ1) is 12.6. The molecule has 3 nitrogen and oxygen atoms in total. The van der Waals surface area contributed by atoms with E-state index in [4.69, 9.17) is 10.00 Å². The van der Waals surface area contributed by atoms with E-state index in [2.05, 4.69) is 27.0 Å². The minimum absolute atomic E-state index is 0.439. The van der Waals surface area contributed by atoms with Gasteiger partial charge in [-0.15, -0.1) is 0 Å². The number of hydrogen-bond acceptors (Lipinski definition) is 3. The quantitative estimate of drug-likeness (QED) is 0.870. The van der Waals surface area contributed by atoms with Crippen LogP contribution < -0.4 is 4.74 Å². The number of benzene rings is 1. The van der Waals surface area contributed by atoms with E-state index in [1.807, 2.05) is 31.2 Å². The van der Waals surface area contributed by atoms with E-state index in [1.165, 1.54) is 0 Å². The highest BCUT2D eigenvalue weighted by Crippen LogP contribution is 2.15. The number of ether oxygens (including phenoxy) is 1. The highest BCUT2D eigenvalue weighted by Gasteiger charge is 2.01. The summed E-state index contributed by atoms with van der Waals surface area (Å²) in [5.41, 5.74) is 2.40. The predicted molar refractivity (Wildman–Crippen MR) is 72.2 cm³/mol. The average molecular weight is 303 g/mol. The molecule has 0 amide bonds. The van der Waals surface area contributed by atoms with Gasteiger partial charge in [0.05, 0.1) is 11.6 Å². The van der Waals surface area contributed by atoms with E-state index in [1.54, 1.807) is 12.1 Å². The molecular weight excluding hydrogens is 292 g/mol. The zero-order valence-electron chi connectivity index (χ0n) is 9.85. The van der Waals surface area contributed by atoms with Gasteiger partial charge in [-0.2, -0.15) is 5.26 Å². The van der Waals surface area contributed by atoms with E-state index < -0.39 is 0 Å². The molecular formula is C14H11BrN2O. The monoisotopic (exact) mass is 302 g/mol. The van der Waals surface area contributed by atoms with Crippen molar-refractivity contribution >= 4 is 15.9 Å². The second kappa shape index (κ2) is 5.65. The van der Waals surface area contributed by atoms with Crippen molar-refractivity contribution < 1.29 is 4.74 Å². The summed E-state index contributed by atoms with van der Waals surface area (Å²) in [6.07, 6.45) is 0. The van der Waals surface area contributed by atoms with Crippen LogP contribution in [0.1, 0.15) is 16.8 Å². The summed E-state index contributed by atoms with van der Waals surface area (Å²) < 4.78 is 6.61. The van der Waals surface area contributed by atoms with Crippen LogP contribution in [0.4, 0.5) is 0 Å². The Hall–Kier alpha value is -1.86. The fourth-order valence-corrected chi connectivity index (χ4v) is 1.78. The Morgan fingerprint density at radius 2 is 2.00 bits per heavy atom. The molecule has 0 saturated heterocycles. The third kappa shape index (κ3) is 3.31. The smallest absolute Gasteiger partial charge is 0.215 e. The first-order valence-electron chi connectivity index (χ1n) is 5.43. The van der Waals surface area contributed by atoms with Gasteiger partial charge in [-0.25, -0.2) is 4.98 Å². The van der Waals surface area contributed by atoms with Gasteiger partial charge in [-0.05, 0) is 30.7 Å². The van der Waals surface area contributed by atoms with Gasteiger partial charge in [0.1, 0.15) is 6.61 Å². The third-order valence-corrected chi connectivity index (χ3v) is 2.89. The lowest BCUT2D eigenvalue weighted by Gasteiger charge is -2.06. The van der Waals surface area contributed by atoms with Crippen LogP contribution in [0.15, 0.2) is 40.9 Å². The minimum Gasteiger partial charge on any atom is -0.473 e. The number of halogens is 1. The zero-order chi connectivity index (χ0) is 13.0. The van der Waals surface area contributed by atoms with Crippen molar-refractivity contribution in [3.8, 4) is 11.9 Å². The van der Waals surface area contributed by atoms with E-state index in [0.717, 1.165) is 15.7 Å². The largest absolute Gasteiger partial charge is 0.473 e. The first-order valence-corrected chi connectivity index (χ1v) is 6.23. The van der Waals surface area contributed by atoms with Crippen molar-refractivity contribution in [3.05, 3.63) is 57.7 Å². The van der Waals surface area contributed by atoms with Crippen molar-refractivity contribution in [1.29, 1.82) is 5.26 Å². The van der Waals surface area contributed by atoms with Gasteiger partial charge in [0.2, 0.25) is 5.88 Å². The Morgan fingerprint density at radius 3 is 2.67 bits per heavy atom. The van der Waals surface area contributed by atoms with Crippen LogP contribution in [-0.4, -0.2) is 4.98 Å². The van der Waals surface area contributed by atoms with Crippen LogP contribution in [0, 0.1) is 18.3 Å². The summed E-state index contributed by atoms with van der Waals surface area (Å²) in [5.74, 6) is 0.481. The molecule has 1 aromatic carbocycles. The van der Waals surface area contributed by atoms with Crippen LogP contribution in [-0.2, 0) is 6.61 Å². The minimum atomic E-state index is 0.439. The van der Waals surface area contributed by atoms with Crippen molar-refractivity contribution in [3.63, 3.8) is 0 Å². The summed E-state index contributed by atoms with van der Waals surface area (Å²) in [7, 11) is 0. The lowest BCUT2D eigenvalue weighted by atomic mass is 10.2. The molecule has 0 aliphatic carbocycles. The Bertz CT molecular complexity index is 588. The van der Waals surface area contributed by atoms with E-state index in [0.29, 0.717) is 18.1 Å². The molecule has 2 aromatic rings. The second-order valence-electron chi connectivity index (χ2n) is 3.86. The lowest BCUT2D eigenvalue weighted by molar-refractivity contribution is 0.293. The predicted octanol–water partition coefficient (Wildman–Crippen LogP) is 3.60. The van der Waals surface area contributed by atoms with Gasteiger partial charge < -0.3 is 4.74 Å². The SMILES string of the molecule is Cc1cc(C#N)cc(OCc2ccc(Br)cc2)n1. The maximum absolute atomic E-state index is 8.86. The summed E-state index contributed by atoms with van der Waals surface area (Å²) in [6.45, 7) is 2.28. The van der Waals surface area contributed by atoms with Gasteiger partial charge in [0, 0.05) is 16.2 Å². The van der Waals surface area contributed by atoms with Crippen LogP contribution in [0.25, 0.3) is 0 Å². The molecule has 0 aliphatic rings. The Labute approximate surface area is 114 Å². The molecule has 0 saturated carbocycles. The molecule has 0 fully saturated rings. The number of aryl methyl sites for hydroxylation is 1. The summed E-state index contributed by atoms with van der Waals surface area (Å²) in [5, 5.41) is 8.86. The number of aromatic nitrogens is 1. The molecule has 0 radical (unpaired) electrons. The summed E-state index contributed by atoms with van der Waals surface area (Å²) in [4.78, 5) is 4.23. The van der Waals surface area contributed by atoms with E-state index in [9.17, 15) is 0 Å².